The Kier molecular flexibility index (Phi) is 4.98. The number of amides is 1. The Labute approximate surface area is 171 Å². The summed E-state index contributed by atoms with van der Waals surface area (Å²) in [5, 5.41) is 5.13. The van der Waals surface area contributed by atoms with E-state index in [-0.39, 0.29) is 17.8 Å². The lowest BCUT2D eigenvalue weighted by atomic mass is 10.1. The number of para-hydroxylation sites is 1. The predicted octanol–water partition coefficient (Wildman–Crippen LogP) is 3.28. The van der Waals surface area contributed by atoms with Crippen LogP contribution in [0.1, 0.15) is 13.8 Å². The summed E-state index contributed by atoms with van der Waals surface area (Å²) in [6.45, 7) is 4.78. The first kappa shape index (κ1) is 19.0. The molecule has 0 aliphatic heterocycles. The van der Waals surface area contributed by atoms with Crippen molar-refractivity contribution in [1.82, 2.24) is 19.5 Å². The van der Waals surface area contributed by atoms with E-state index in [4.69, 9.17) is 11.5 Å². The fraction of sp³-hybridized carbons (Fsp3) is 0.200. The SMILES string of the molecule is CCn1c2ccccc2c2cc(NC(=O)[C@H](C)Sc3nc(N)nc(N)n3)ccc21. The Bertz CT molecular complexity index is 1200. The first-order chi connectivity index (χ1) is 14.0. The van der Waals surface area contributed by atoms with Crippen LogP contribution in [0.2, 0.25) is 0 Å². The number of carbonyl (C=O) groups excluding carboxylic acids is 1. The molecule has 0 aliphatic carbocycles. The molecule has 0 fully saturated rings. The molecule has 5 N–H and O–H groups in total. The maximum atomic E-state index is 12.7. The molecule has 2 aromatic carbocycles. The van der Waals surface area contributed by atoms with Crippen molar-refractivity contribution in [3.05, 3.63) is 42.5 Å². The van der Waals surface area contributed by atoms with Gasteiger partial charge in [0, 0.05) is 34.0 Å². The second-order valence-electron chi connectivity index (χ2n) is 6.58. The molecular formula is C20H21N7OS. The van der Waals surface area contributed by atoms with Crippen LogP contribution in [0.3, 0.4) is 0 Å². The quantitative estimate of drug-likeness (QED) is 0.434. The van der Waals surface area contributed by atoms with Crippen molar-refractivity contribution in [2.24, 2.45) is 0 Å². The Balaban J connectivity index is 1.58. The van der Waals surface area contributed by atoms with Crippen LogP contribution in [0.25, 0.3) is 21.8 Å². The van der Waals surface area contributed by atoms with Crippen LogP contribution in [-0.4, -0.2) is 30.7 Å². The van der Waals surface area contributed by atoms with Gasteiger partial charge in [0.2, 0.25) is 17.8 Å². The topological polar surface area (TPSA) is 125 Å². The number of rotatable bonds is 5. The summed E-state index contributed by atoms with van der Waals surface area (Å²) in [4.78, 5) is 24.4. The Morgan fingerprint density at radius 2 is 1.76 bits per heavy atom. The van der Waals surface area contributed by atoms with Gasteiger partial charge in [0.15, 0.2) is 5.16 Å². The summed E-state index contributed by atoms with van der Waals surface area (Å²) >= 11 is 1.17. The number of anilines is 3. The highest BCUT2D eigenvalue weighted by Crippen LogP contribution is 2.31. The number of benzene rings is 2. The average Bonchev–Trinajstić information content (AvgIpc) is 3.00. The molecule has 1 atom stereocenters. The number of thioether (sulfide) groups is 1. The number of hydrogen-bond acceptors (Lipinski definition) is 7. The van der Waals surface area contributed by atoms with Crippen molar-refractivity contribution in [3.63, 3.8) is 0 Å². The van der Waals surface area contributed by atoms with Crippen molar-refractivity contribution in [1.29, 1.82) is 0 Å². The van der Waals surface area contributed by atoms with E-state index in [0.29, 0.717) is 5.16 Å². The number of nitrogens with zero attached hydrogens (tertiary/aromatic N) is 4. The van der Waals surface area contributed by atoms with Gasteiger partial charge in [-0.1, -0.05) is 30.0 Å². The zero-order valence-electron chi connectivity index (χ0n) is 16.1. The molecule has 0 saturated carbocycles. The summed E-state index contributed by atoms with van der Waals surface area (Å²) in [6.07, 6.45) is 0. The van der Waals surface area contributed by atoms with Crippen LogP contribution in [0.5, 0.6) is 0 Å². The van der Waals surface area contributed by atoms with Crippen molar-refractivity contribution < 1.29 is 4.79 Å². The molecule has 1 amide bonds. The second-order valence-corrected chi connectivity index (χ2v) is 7.89. The van der Waals surface area contributed by atoms with Crippen molar-refractivity contribution in [2.45, 2.75) is 30.8 Å². The Morgan fingerprint density at radius 3 is 2.48 bits per heavy atom. The monoisotopic (exact) mass is 407 g/mol. The molecule has 0 bridgehead atoms. The zero-order chi connectivity index (χ0) is 20.5. The molecular weight excluding hydrogens is 386 g/mol. The van der Waals surface area contributed by atoms with Gasteiger partial charge < -0.3 is 21.4 Å². The predicted molar refractivity (Wildman–Crippen MR) is 118 cm³/mol. The van der Waals surface area contributed by atoms with E-state index in [1.807, 2.05) is 30.3 Å². The third kappa shape index (κ3) is 3.68. The van der Waals surface area contributed by atoms with E-state index < -0.39 is 5.25 Å². The normalized spacial score (nSPS) is 12.3. The van der Waals surface area contributed by atoms with Crippen molar-refractivity contribution in [2.75, 3.05) is 16.8 Å². The number of aromatic nitrogens is 4. The third-order valence-corrected chi connectivity index (χ3v) is 5.62. The van der Waals surface area contributed by atoms with Gasteiger partial charge in [0.1, 0.15) is 0 Å². The summed E-state index contributed by atoms with van der Waals surface area (Å²) in [5.41, 5.74) is 14.2. The Hall–Kier alpha value is -3.33. The van der Waals surface area contributed by atoms with E-state index in [1.165, 1.54) is 22.7 Å². The van der Waals surface area contributed by atoms with Gasteiger partial charge in [0.05, 0.1) is 5.25 Å². The average molecular weight is 408 g/mol. The molecule has 4 aromatic rings. The summed E-state index contributed by atoms with van der Waals surface area (Å²) in [7, 11) is 0. The lowest BCUT2D eigenvalue weighted by Gasteiger charge is -2.12. The standard InChI is InChI=1S/C20H21N7OS/c1-3-27-15-7-5-4-6-13(15)14-10-12(8-9-16(14)27)23-17(28)11(2)29-20-25-18(21)24-19(22)26-20/h4-11H,3H2,1-2H3,(H,23,28)(H4,21,22,24,25,26)/t11-/m0/s1. The summed E-state index contributed by atoms with van der Waals surface area (Å²) in [5.74, 6) is -0.0955. The first-order valence-corrected chi connectivity index (χ1v) is 10.1. The molecule has 9 heteroatoms. The minimum atomic E-state index is -0.441. The molecule has 0 aliphatic rings. The minimum Gasteiger partial charge on any atom is -0.368 e. The largest absolute Gasteiger partial charge is 0.368 e. The number of nitrogen functional groups attached to an aromatic ring is 2. The number of fused-ring (bicyclic) bond motifs is 3. The lowest BCUT2D eigenvalue weighted by molar-refractivity contribution is -0.115. The molecule has 0 unspecified atom stereocenters. The van der Waals surface area contributed by atoms with Gasteiger partial charge in [-0.25, -0.2) is 0 Å². The van der Waals surface area contributed by atoms with Crippen LogP contribution in [0.15, 0.2) is 47.6 Å². The molecule has 2 heterocycles. The molecule has 0 saturated heterocycles. The lowest BCUT2D eigenvalue weighted by Crippen LogP contribution is -2.22. The van der Waals surface area contributed by atoms with Gasteiger partial charge in [-0.05, 0) is 38.1 Å². The molecule has 0 radical (unpaired) electrons. The summed E-state index contributed by atoms with van der Waals surface area (Å²) in [6, 6.07) is 14.2. The van der Waals surface area contributed by atoms with Gasteiger partial charge in [-0.15, -0.1) is 0 Å². The van der Waals surface area contributed by atoms with Crippen LogP contribution in [0, 0.1) is 0 Å². The van der Waals surface area contributed by atoms with Crippen LogP contribution in [0.4, 0.5) is 17.6 Å². The number of carbonyl (C=O) groups is 1. The fourth-order valence-corrected chi connectivity index (χ4v) is 4.14. The highest BCUT2D eigenvalue weighted by Gasteiger charge is 2.18. The van der Waals surface area contributed by atoms with E-state index in [2.05, 4.69) is 43.9 Å². The number of nitrogens with two attached hydrogens (primary N) is 2. The maximum Gasteiger partial charge on any atom is 0.237 e. The molecule has 8 nitrogen and oxygen atoms in total. The van der Waals surface area contributed by atoms with Crippen LogP contribution in [-0.2, 0) is 11.3 Å². The van der Waals surface area contributed by atoms with E-state index in [1.54, 1.807) is 6.92 Å². The molecule has 0 spiro atoms. The third-order valence-electron chi connectivity index (χ3n) is 4.66. The van der Waals surface area contributed by atoms with Crippen molar-refractivity contribution >= 4 is 57.1 Å². The van der Waals surface area contributed by atoms with Crippen LogP contribution >= 0.6 is 11.8 Å². The number of nitrogens with one attached hydrogen (secondary N) is 1. The van der Waals surface area contributed by atoms with Gasteiger partial charge in [-0.2, -0.15) is 15.0 Å². The fourth-order valence-electron chi connectivity index (χ4n) is 3.37. The number of aryl methyl sites for hydroxylation is 1. The molecule has 148 valence electrons. The van der Waals surface area contributed by atoms with Crippen molar-refractivity contribution in [3.8, 4) is 0 Å². The highest BCUT2D eigenvalue weighted by molar-refractivity contribution is 8.00. The molecule has 29 heavy (non-hydrogen) atoms. The molecule has 2 aromatic heterocycles. The zero-order valence-corrected chi connectivity index (χ0v) is 16.9. The molecule has 4 rings (SSSR count). The second kappa shape index (κ2) is 7.59. The van der Waals surface area contributed by atoms with Crippen LogP contribution < -0.4 is 16.8 Å². The smallest absolute Gasteiger partial charge is 0.237 e. The highest BCUT2D eigenvalue weighted by atomic mass is 32.2. The number of hydrogen-bond donors (Lipinski definition) is 3. The van der Waals surface area contributed by atoms with E-state index >= 15 is 0 Å². The van der Waals surface area contributed by atoms with Gasteiger partial charge >= 0.3 is 0 Å². The first-order valence-electron chi connectivity index (χ1n) is 9.21. The van der Waals surface area contributed by atoms with Gasteiger partial charge in [-0.3, -0.25) is 4.79 Å². The minimum absolute atomic E-state index is 0.0328. The summed E-state index contributed by atoms with van der Waals surface area (Å²) < 4.78 is 2.27. The Morgan fingerprint density at radius 1 is 1.07 bits per heavy atom. The van der Waals surface area contributed by atoms with E-state index in [0.717, 1.165) is 23.1 Å². The maximum absolute atomic E-state index is 12.7. The van der Waals surface area contributed by atoms with Gasteiger partial charge in [0.25, 0.3) is 0 Å². The van der Waals surface area contributed by atoms with E-state index in [9.17, 15) is 4.79 Å².